The molecule has 0 aliphatic rings. The average molecular weight is 456 g/mol. The molecule has 0 radical (unpaired) electrons. The summed E-state index contributed by atoms with van der Waals surface area (Å²) in [6.45, 7) is 3.91. The van der Waals surface area contributed by atoms with Crippen molar-refractivity contribution in [2.75, 3.05) is 0 Å². The van der Waals surface area contributed by atoms with E-state index >= 15 is 0 Å². The molecule has 4 nitrogen and oxygen atoms in total. The lowest BCUT2D eigenvalue weighted by Crippen LogP contribution is -2.02. The van der Waals surface area contributed by atoms with Crippen molar-refractivity contribution < 1.29 is 9.90 Å². The van der Waals surface area contributed by atoms with Gasteiger partial charge in [0.15, 0.2) is 0 Å². The van der Waals surface area contributed by atoms with E-state index in [2.05, 4.69) is 22.0 Å². The number of carboxylic acids is 1. The summed E-state index contributed by atoms with van der Waals surface area (Å²) in [7, 11) is 0. The molecule has 1 heterocycles. The Bertz CT molecular complexity index is 1140. The summed E-state index contributed by atoms with van der Waals surface area (Å²) >= 11 is 9.53. The second-order valence-corrected chi connectivity index (χ2v) is 7.63. The Morgan fingerprint density at radius 3 is 2.43 bits per heavy atom. The summed E-state index contributed by atoms with van der Waals surface area (Å²) in [5, 5.41) is 18.9. The van der Waals surface area contributed by atoms with Crippen LogP contribution in [0, 0.1) is 25.2 Å². The fraction of sp³-hybridized carbons (Fsp3) is 0.0909. The highest BCUT2D eigenvalue weighted by Gasteiger charge is 2.14. The van der Waals surface area contributed by atoms with Gasteiger partial charge in [0.2, 0.25) is 0 Å². The lowest BCUT2D eigenvalue weighted by atomic mass is 10.0. The second kappa shape index (κ2) is 8.05. The van der Waals surface area contributed by atoms with E-state index < -0.39 is 5.97 Å². The Labute approximate surface area is 176 Å². The summed E-state index contributed by atoms with van der Waals surface area (Å²) in [6.07, 6.45) is 1.86. The van der Waals surface area contributed by atoms with Crippen molar-refractivity contribution in [1.29, 1.82) is 5.26 Å². The van der Waals surface area contributed by atoms with Crippen LogP contribution in [0.3, 0.4) is 0 Å². The minimum atomic E-state index is -1.06. The Balaban J connectivity index is 2.07. The fourth-order valence-corrected chi connectivity index (χ4v) is 3.63. The van der Waals surface area contributed by atoms with E-state index in [1.165, 1.54) is 6.07 Å². The molecular weight excluding hydrogens is 440 g/mol. The lowest BCUT2D eigenvalue weighted by Gasteiger charge is -2.11. The van der Waals surface area contributed by atoms with Gasteiger partial charge in [0, 0.05) is 21.5 Å². The summed E-state index contributed by atoms with van der Waals surface area (Å²) in [6, 6.07) is 16.7. The minimum absolute atomic E-state index is 0.0648. The first-order chi connectivity index (χ1) is 13.3. The van der Waals surface area contributed by atoms with Crippen molar-refractivity contribution in [3.8, 4) is 11.8 Å². The number of aryl methyl sites for hydroxylation is 1. The lowest BCUT2D eigenvalue weighted by molar-refractivity contribution is 0.0697. The number of nitriles is 1. The Morgan fingerprint density at radius 2 is 1.86 bits per heavy atom. The van der Waals surface area contributed by atoms with Crippen LogP contribution in [0.15, 0.2) is 53.0 Å². The molecule has 0 saturated heterocycles. The zero-order valence-electron chi connectivity index (χ0n) is 15.2. The zero-order valence-corrected chi connectivity index (χ0v) is 17.5. The van der Waals surface area contributed by atoms with Crippen LogP contribution in [0.2, 0.25) is 5.02 Å². The third-order valence-corrected chi connectivity index (χ3v) is 5.33. The van der Waals surface area contributed by atoms with E-state index in [1.54, 1.807) is 12.1 Å². The topological polar surface area (TPSA) is 66.0 Å². The Morgan fingerprint density at radius 1 is 1.18 bits per heavy atom. The van der Waals surface area contributed by atoms with Crippen molar-refractivity contribution >= 4 is 45.1 Å². The number of hydrogen-bond donors (Lipinski definition) is 1. The van der Waals surface area contributed by atoms with Crippen LogP contribution in [0.25, 0.3) is 17.3 Å². The van der Waals surface area contributed by atoms with Crippen LogP contribution in [0.1, 0.15) is 32.9 Å². The first-order valence-electron chi connectivity index (χ1n) is 8.41. The standard InChI is InChI=1S/C22H16BrClN2O2/c1-13-9-16(10-17(12-25)15-3-5-18(23)6-4-15)14(2)26(13)19-7-8-20(22(27)28)21(24)11-19/h3-11H,1-2H3,(H,27,28)/b17-10-. The molecular formula is C22H16BrClN2O2. The van der Waals surface area contributed by atoms with Crippen molar-refractivity contribution in [3.63, 3.8) is 0 Å². The molecule has 2 aromatic carbocycles. The highest BCUT2D eigenvalue weighted by molar-refractivity contribution is 9.10. The summed E-state index contributed by atoms with van der Waals surface area (Å²) in [5.41, 5.74) is 5.03. The molecule has 140 valence electrons. The van der Waals surface area contributed by atoms with E-state index in [4.69, 9.17) is 16.7 Å². The van der Waals surface area contributed by atoms with Gasteiger partial charge in [-0.2, -0.15) is 5.26 Å². The van der Waals surface area contributed by atoms with E-state index in [0.29, 0.717) is 5.57 Å². The molecule has 1 aromatic heterocycles. The number of aromatic carboxylic acids is 1. The highest BCUT2D eigenvalue weighted by atomic mass is 79.9. The summed E-state index contributed by atoms with van der Waals surface area (Å²) in [4.78, 5) is 11.2. The molecule has 0 unspecified atom stereocenters. The predicted molar refractivity (Wildman–Crippen MR) is 115 cm³/mol. The van der Waals surface area contributed by atoms with Gasteiger partial charge in [0.1, 0.15) is 0 Å². The number of rotatable bonds is 4. The third-order valence-electron chi connectivity index (χ3n) is 4.49. The van der Waals surface area contributed by atoms with Crippen LogP contribution in [0.5, 0.6) is 0 Å². The van der Waals surface area contributed by atoms with Crippen molar-refractivity contribution in [1.82, 2.24) is 4.57 Å². The van der Waals surface area contributed by atoms with Gasteiger partial charge in [-0.3, -0.25) is 0 Å². The monoisotopic (exact) mass is 454 g/mol. The van der Waals surface area contributed by atoms with E-state index in [9.17, 15) is 10.1 Å². The quantitative estimate of drug-likeness (QED) is 0.471. The van der Waals surface area contributed by atoms with Crippen LogP contribution in [-0.2, 0) is 0 Å². The molecule has 0 saturated carbocycles. The van der Waals surface area contributed by atoms with Gasteiger partial charge in [-0.15, -0.1) is 0 Å². The van der Waals surface area contributed by atoms with Gasteiger partial charge < -0.3 is 9.67 Å². The Kier molecular flexibility index (Phi) is 5.73. The number of carbonyl (C=O) groups is 1. The molecule has 0 aliphatic heterocycles. The molecule has 0 fully saturated rings. The van der Waals surface area contributed by atoms with Gasteiger partial charge >= 0.3 is 5.97 Å². The maximum absolute atomic E-state index is 11.2. The SMILES string of the molecule is Cc1cc(/C=C(/C#N)c2ccc(Br)cc2)c(C)n1-c1ccc(C(=O)O)c(Cl)c1. The smallest absolute Gasteiger partial charge is 0.337 e. The highest BCUT2D eigenvalue weighted by Crippen LogP contribution is 2.28. The van der Waals surface area contributed by atoms with Crippen LogP contribution < -0.4 is 0 Å². The van der Waals surface area contributed by atoms with E-state index in [1.807, 2.05) is 54.8 Å². The largest absolute Gasteiger partial charge is 0.478 e. The minimum Gasteiger partial charge on any atom is -0.478 e. The number of aromatic nitrogens is 1. The molecule has 0 amide bonds. The van der Waals surface area contributed by atoms with E-state index in [-0.39, 0.29) is 10.6 Å². The summed E-state index contributed by atoms with van der Waals surface area (Å²) in [5.74, 6) is -1.06. The van der Waals surface area contributed by atoms with E-state index in [0.717, 1.165) is 32.7 Å². The fourth-order valence-electron chi connectivity index (χ4n) is 3.11. The van der Waals surface area contributed by atoms with Gasteiger partial charge in [0.05, 0.1) is 22.2 Å². The molecule has 0 atom stereocenters. The van der Waals surface area contributed by atoms with Gasteiger partial charge in [-0.1, -0.05) is 39.7 Å². The molecule has 6 heteroatoms. The average Bonchev–Trinajstić information content (AvgIpc) is 2.93. The normalized spacial score (nSPS) is 11.3. The van der Waals surface area contributed by atoms with Crippen LogP contribution in [0.4, 0.5) is 0 Å². The number of nitrogens with zero attached hydrogens (tertiary/aromatic N) is 2. The number of allylic oxidation sites excluding steroid dienone is 1. The second-order valence-electron chi connectivity index (χ2n) is 6.31. The van der Waals surface area contributed by atoms with Crippen molar-refractivity contribution in [3.05, 3.63) is 86.1 Å². The first kappa shape index (κ1) is 19.9. The molecule has 0 aliphatic carbocycles. The maximum Gasteiger partial charge on any atom is 0.337 e. The number of halogens is 2. The number of benzene rings is 2. The predicted octanol–water partition coefficient (Wildman–Crippen LogP) is 6.27. The summed E-state index contributed by atoms with van der Waals surface area (Å²) < 4.78 is 2.94. The van der Waals surface area contributed by atoms with Crippen molar-refractivity contribution in [2.24, 2.45) is 0 Å². The molecule has 28 heavy (non-hydrogen) atoms. The molecule has 3 aromatic rings. The maximum atomic E-state index is 11.2. The van der Waals surface area contributed by atoms with Crippen molar-refractivity contribution in [2.45, 2.75) is 13.8 Å². The van der Waals surface area contributed by atoms with Crippen LogP contribution >= 0.6 is 27.5 Å². The number of hydrogen-bond acceptors (Lipinski definition) is 2. The molecule has 3 rings (SSSR count). The van der Waals surface area contributed by atoms with Gasteiger partial charge in [-0.05, 0) is 67.4 Å². The van der Waals surface area contributed by atoms with Gasteiger partial charge in [-0.25, -0.2) is 4.79 Å². The molecule has 1 N–H and O–H groups in total. The number of carboxylic acid groups (broad SMARTS) is 1. The first-order valence-corrected chi connectivity index (χ1v) is 9.59. The molecule has 0 spiro atoms. The van der Waals surface area contributed by atoms with Gasteiger partial charge in [0.25, 0.3) is 0 Å². The Hall–Kier alpha value is -2.81. The zero-order chi connectivity index (χ0) is 20.4. The third kappa shape index (κ3) is 3.89. The molecule has 0 bridgehead atoms. The van der Waals surface area contributed by atoms with Crippen LogP contribution in [-0.4, -0.2) is 15.6 Å².